The van der Waals surface area contributed by atoms with Gasteiger partial charge in [-0.3, -0.25) is 14.9 Å². The summed E-state index contributed by atoms with van der Waals surface area (Å²) >= 11 is 5.23. The lowest BCUT2D eigenvalue weighted by Crippen LogP contribution is -2.34. The number of hydrogen-bond acceptors (Lipinski definition) is 4. The van der Waals surface area contributed by atoms with Crippen molar-refractivity contribution in [1.82, 2.24) is 5.32 Å². The fraction of sp³-hybridized carbons (Fsp3) is 0.0870. The SMILES string of the molecule is CCOc1ccc(C(=O)NC(=S)Nc2cccc(C(=O)Nc3ccccc3)c2)cc1. The number of thiocarbonyl (C=S) groups is 1. The van der Waals surface area contributed by atoms with Gasteiger partial charge in [0.05, 0.1) is 6.61 Å². The second-order valence-corrected chi connectivity index (χ2v) is 6.67. The molecule has 30 heavy (non-hydrogen) atoms. The van der Waals surface area contributed by atoms with Crippen LogP contribution in [0.1, 0.15) is 27.6 Å². The third kappa shape index (κ3) is 5.89. The number of rotatable bonds is 6. The second-order valence-electron chi connectivity index (χ2n) is 6.27. The van der Waals surface area contributed by atoms with Gasteiger partial charge in [0.2, 0.25) is 0 Å². The van der Waals surface area contributed by atoms with Gasteiger partial charge in [0.15, 0.2) is 5.11 Å². The standard InChI is InChI=1S/C23H21N3O3S/c1-2-29-20-13-11-16(12-14-20)21(27)26-23(30)25-19-10-6-7-17(15-19)22(28)24-18-8-4-3-5-9-18/h3-15H,2H2,1H3,(H,24,28)(H2,25,26,27,30). The van der Waals surface area contributed by atoms with Crippen molar-refractivity contribution in [3.8, 4) is 5.75 Å². The molecule has 6 nitrogen and oxygen atoms in total. The lowest BCUT2D eigenvalue weighted by molar-refractivity contribution is 0.0976. The van der Waals surface area contributed by atoms with E-state index in [1.165, 1.54) is 0 Å². The highest BCUT2D eigenvalue weighted by molar-refractivity contribution is 7.80. The normalized spacial score (nSPS) is 10.0. The van der Waals surface area contributed by atoms with E-state index in [4.69, 9.17) is 17.0 Å². The van der Waals surface area contributed by atoms with Crippen molar-refractivity contribution in [2.75, 3.05) is 17.2 Å². The number of nitrogens with one attached hydrogen (secondary N) is 3. The molecule has 3 aromatic carbocycles. The van der Waals surface area contributed by atoms with E-state index < -0.39 is 0 Å². The summed E-state index contributed by atoms with van der Waals surface area (Å²) in [7, 11) is 0. The first-order valence-corrected chi connectivity index (χ1v) is 9.77. The van der Waals surface area contributed by atoms with E-state index in [0.717, 1.165) is 0 Å². The Bertz CT molecular complexity index is 1040. The average Bonchev–Trinajstić information content (AvgIpc) is 2.75. The molecular weight excluding hydrogens is 398 g/mol. The van der Waals surface area contributed by atoms with E-state index in [9.17, 15) is 9.59 Å². The summed E-state index contributed by atoms with van der Waals surface area (Å²) in [5, 5.41) is 8.51. The van der Waals surface area contributed by atoms with Gasteiger partial charge < -0.3 is 15.4 Å². The largest absolute Gasteiger partial charge is 0.494 e. The second kappa shape index (κ2) is 10.2. The predicted octanol–water partition coefficient (Wildman–Crippen LogP) is 4.46. The molecule has 0 heterocycles. The quantitative estimate of drug-likeness (QED) is 0.514. The first-order chi connectivity index (χ1) is 14.5. The molecule has 0 unspecified atom stereocenters. The Kier molecular flexibility index (Phi) is 7.13. The van der Waals surface area contributed by atoms with Crippen LogP contribution < -0.4 is 20.7 Å². The minimum Gasteiger partial charge on any atom is -0.494 e. The Morgan fingerprint density at radius 3 is 2.20 bits per heavy atom. The average molecular weight is 420 g/mol. The Labute approximate surface area is 180 Å². The van der Waals surface area contributed by atoms with E-state index in [1.807, 2.05) is 37.3 Å². The topological polar surface area (TPSA) is 79.5 Å². The highest BCUT2D eigenvalue weighted by atomic mass is 32.1. The molecule has 0 radical (unpaired) electrons. The Balaban J connectivity index is 1.59. The lowest BCUT2D eigenvalue weighted by Gasteiger charge is -2.11. The molecule has 7 heteroatoms. The third-order valence-electron chi connectivity index (χ3n) is 4.07. The molecule has 2 amide bonds. The first-order valence-electron chi connectivity index (χ1n) is 9.37. The summed E-state index contributed by atoms with van der Waals surface area (Å²) < 4.78 is 5.37. The number of ether oxygens (including phenoxy) is 1. The van der Waals surface area contributed by atoms with Gasteiger partial charge in [0.1, 0.15) is 5.75 Å². The van der Waals surface area contributed by atoms with Crippen molar-refractivity contribution in [2.24, 2.45) is 0 Å². The molecular formula is C23H21N3O3S. The van der Waals surface area contributed by atoms with Crippen molar-refractivity contribution in [3.05, 3.63) is 90.0 Å². The highest BCUT2D eigenvalue weighted by Crippen LogP contribution is 2.14. The van der Waals surface area contributed by atoms with Crippen molar-refractivity contribution in [3.63, 3.8) is 0 Å². The minimum atomic E-state index is -0.339. The molecule has 0 spiro atoms. The number of hydrogen-bond donors (Lipinski definition) is 3. The van der Waals surface area contributed by atoms with Crippen LogP contribution in [0.3, 0.4) is 0 Å². The van der Waals surface area contributed by atoms with Gasteiger partial charge in [-0.05, 0) is 73.7 Å². The number of para-hydroxylation sites is 1. The maximum atomic E-state index is 12.4. The lowest BCUT2D eigenvalue weighted by atomic mass is 10.2. The fourth-order valence-electron chi connectivity index (χ4n) is 2.67. The molecule has 3 N–H and O–H groups in total. The molecule has 0 aromatic heterocycles. The molecule has 0 aliphatic carbocycles. The number of carbonyl (C=O) groups is 2. The Morgan fingerprint density at radius 1 is 0.800 bits per heavy atom. The minimum absolute atomic E-state index is 0.134. The third-order valence-corrected chi connectivity index (χ3v) is 4.27. The van der Waals surface area contributed by atoms with Crippen LogP contribution in [0, 0.1) is 0 Å². The molecule has 0 aliphatic heterocycles. The van der Waals surface area contributed by atoms with E-state index in [2.05, 4.69) is 16.0 Å². The number of carbonyl (C=O) groups excluding carboxylic acids is 2. The van der Waals surface area contributed by atoms with Crippen LogP contribution in [0.2, 0.25) is 0 Å². The van der Waals surface area contributed by atoms with Crippen LogP contribution in [0.4, 0.5) is 11.4 Å². The zero-order valence-electron chi connectivity index (χ0n) is 16.3. The summed E-state index contributed by atoms with van der Waals surface area (Å²) in [6.45, 7) is 2.45. The molecule has 0 saturated carbocycles. The molecule has 0 bridgehead atoms. The Hall–Kier alpha value is -3.71. The van der Waals surface area contributed by atoms with Crippen molar-refractivity contribution in [1.29, 1.82) is 0 Å². The highest BCUT2D eigenvalue weighted by Gasteiger charge is 2.10. The monoisotopic (exact) mass is 419 g/mol. The van der Waals surface area contributed by atoms with E-state index in [1.54, 1.807) is 48.5 Å². The van der Waals surface area contributed by atoms with Crippen LogP contribution in [0.15, 0.2) is 78.9 Å². The van der Waals surface area contributed by atoms with Crippen LogP contribution in [0.5, 0.6) is 5.75 Å². The number of amides is 2. The van der Waals surface area contributed by atoms with Gasteiger partial charge in [-0.15, -0.1) is 0 Å². The Morgan fingerprint density at radius 2 is 1.50 bits per heavy atom. The van der Waals surface area contributed by atoms with E-state index >= 15 is 0 Å². The molecule has 0 aliphatic rings. The smallest absolute Gasteiger partial charge is 0.257 e. The van der Waals surface area contributed by atoms with Gasteiger partial charge in [0.25, 0.3) is 11.8 Å². The summed E-state index contributed by atoms with van der Waals surface area (Å²) in [6, 6.07) is 22.8. The predicted molar refractivity (Wildman–Crippen MR) is 122 cm³/mol. The molecule has 0 saturated heterocycles. The van der Waals surface area contributed by atoms with E-state index in [0.29, 0.717) is 34.9 Å². The van der Waals surface area contributed by atoms with E-state index in [-0.39, 0.29) is 16.9 Å². The fourth-order valence-corrected chi connectivity index (χ4v) is 2.88. The summed E-state index contributed by atoms with van der Waals surface area (Å²) in [5.74, 6) is 0.114. The maximum Gasteiger partial charge on any atom is 0.257 e. The van der Waals surface area contributed by atoms with Gasteiger partial charge in [-0.25, -0.2) is 0 Å². The molecule has 0 atom stereocenters. The zero-order chi connectivity index (χ0) is 21.3. The van der Waals surface area contributed by atoms with Crippen LogP contribution in [-0.2, 0) is 0 Å². The molecule has 0 fully saturated rings. The van der Waals surface area contributed by atoms with Crippen molar-refractivity contribution < 1.29 is 14.3 Å². The van der Waals surface area contributed by atoms with Gasteiger partial charge in [0, 0.05) is 22.5 Å². The van der Waals surface area contributed by atoms with Crippen LogP contribution in [-0.4, -0.2) is 23.5 Å². The van der Waals surface area contributed by atoms with Crippen molar-refractivity contribution in [2.45, 2.75) is 6.92 Å². The molecule has 152 valence electrons. The summed E-state index contributed by atoms with van der Waals surface area (Å²) in [5.41, 5.74) is 2.22. The van der Waals surface area contributed by atoms with Gasteiger partial charge in [-0.2, -0.15) is 0 Å². The van der Waals surface area contributed by atoms with Gasteiger partial charge in [-0.1, -0.05) is 24.3 Å². The maximum absolute atomic E-state index is 12.4. The molecule has 3 aromatic rings. The summed E-state index contributed by atoms with van der Waals surface area (Å²) in [4.78, 5) is 24.8. The first kappa shape index (κ1) is 21.0. The summed E-state index contributed by atoms with van der Waals surface area (Å²) in [6.07, 6.45) is 0. The van der Waals surface area contributed by atoms with Crippen LogP contribution in [0.25, 0.3) is 0 Å². The number of benzene rings is 3. The van der Waals surface area contributed by atoms with Crippen LogP contribution >= 0.6 is 12.2 Å². The number of anilines is 2. The zero-order valence-corrected chi connectivity index (χ0v) is 17.2. The van der Waals surface area contributed by atoms with Gasteiger partial charge >= 0.3 is 0 Å². The molecule has 3 rings (SSSR count). The van der Waals surface area contributed by atoms with Crippen molar-refractivity contribution >= 4 is 40.5 Å².